The van der Waals surface area contributed by atoms with E-state index in [1.54, 1.807) is 0 Å². The van der Waals surface area contributed by atoms with Crippen LogP contribution in [-0.2, 0) is 6.61 Å². The van der Waals surface area contributed by atoms with Crippen molar-refractivity contribution < 1.29 is 4.74 Å². The minimum Gasteiger partial charge on any atom is -0.489 e. The minimum atomic E-state index is 0.236. The van der Waals surface area contributed by atoms with E-state index >= 15 is 0 Å². The molecule has 5 rings (SSSR count). The van der Waals surface area contributed by atoms with Crippen LogP contribution in [0.4, 0.5) is 0 Å². The largest absolute Gasteiger partial charge is 0.489 e. The highest BCUT2D eigenvalue weighted by atomic mass is 16.5. The summed E-state index contributed by atoms with van der Waals surface area (Å²) in [6, 6.07) is 38.8. The van der Waals surface area contributed by atoms with Crippen molar-refractivity contribution in [1.29, 1.82) is 0 Å². The van der Waals surface area contributed by atoms with E-state index in [0.29, 0.717) is 6.61 Å². The number of nitrogens with zero attached hydrogens (tertiary/aromatic N) is 1. The van der Waals surface area contributed by atoms with Gasteiger partial charge in [0.2, 0.25) is 0 Å². The van der Waals surface area contributed by atoms with Crippen molar-refractivity contribution >= 4 is 0 Å². The predicted octanol–water partition coefficient (Wildman–Crippen LogP) is 5.93. The second kappa shape index (κ2) is 10.5. The van der Waals surface area contributed by atoms with Gasteiger partial charge < -0.3 is 10.1 Å². The van der Waals surface area contributed by atoms with E-state index in [-0.39, 0.29) is 6.04 Å². The number of ether oxygens (including phenoxy) is 1. The Kier molecular flexibility index (Phi) is 6.81. The molecule has 1 aliphatic rings. The van der Waals surface area contributed by atoms with Crippen LogP contribution in [0.5, 0.6) is 5.75 Å². The Morgan fingerprint density at radius 1 is 0.636 bits per heavy atom. The lowest BCUT2D eigenvalue weighted by Crippen LogP contribution is -2.45. The first kappa shape index (κ1) is 21.4. The Hall–Kier alpha value is -3.40. The third kappa shape index (κ3) is 5.33. The zero-order valence-corrected chi connectivity index (χ0v) is 18.9. The SMILES string of the molecule is c1ccc(COc2ccc(C(c3ccc(-c4ccccc4)cc3)N3CCNCC3)cc2)cc1. The summed E-state index contributed by atoms with van der Waals surface area (Å²) in [4.78, 5) is 2.58. The summed E-state index contributed by atoms with van der Waals surface area (Å²) in [7, 11) is 0. The smallest absolute Gasteiger partial charge is 0.119 e. The molecule has 166 valence electrons. The Morgan fingerprint density at radius 3 is 1.82 bits per heavy atom. The van der Waals surface area contributed by atoms with E-state index < -0.39 is 0 Å². The molecular formula is C30H30N2O. The molecule has 1 aliphatic heterocycles. The fourth-order valence-electron chi connectivity index (χ4n) is 4.53. The Balaban J connectivity index is 1.37. The fourth-order valence-corrected chi connectivity index (χ4v) is 4.53. The molecule has 0 radical (unpaired) electrons. The summed E-state index contributed by atoms with van der Waals surface area (Å²) < 4.78 is 6.02. The van der Waals surface area contributed by atoms with Gasteiger partial charge in [0.15, 0.2) is 0 Å². The molecule has 0 spiro atoms. The number of nitrogens with one attached hydrogen (secondary N) is 1. The molecule has 3 nitrogen and oxygen atoms in total. The van der Waals surface area contributed by atoms with Crippen molar-refractivity contribution in [3.63, 3.8) is 0 Å². The van der Waals surface area contributed by atoms with Gasteiger partial charge in [0.05, 0.1) is 6.04 Å². The molecule has 0 saturated carbocycles. The van der Waals surface area contributed by atoms with E-state index in [0.717, 1.165) is 31.9 Å². The minimum absolute atomic E-state index is 0.236. The quantitative estimate of drug-likeness (QED) is 0.390. The van der Waals surface area contributed by atoms with Crippen molar-refractivity contribution in [2.24, 2.45) is 0 Å². The summed E-state index contributed by atoms with van der Waals surface area (Å²) in [5.74, 6) is 0.904. The van der Waals surface area contributed by atoms with Gasteiger partial charge in [0.1, 0.15) is 12.4 Å². The van der Waals surface area contributed by atoms with Crippen LogP contribution in [0.2, 0.25) is 0 Å². The monoisotopic (exact) mass is 434 g/mol. The molecule has 0 aromatic heterocycles. The predicted molar refractivity (Wildman–Crippen MR) is 135 cm³/mol. The van der Waals surface area contributed by atoms with Crippen LogP contribution in [0.1, 0.15) is 22.7 Å². The molecule has 0 amide bonds. The van der Waals surface area contributed by atoms with E-state index in [1.807, 2.05) is 18.2 Å². The molecule has 3 heteroatoms. The third-order valence-electron chi connectivity index (χ3n) is 6.29. The van der Waals surface area contributed by atoms with E-state index in [1.165, 1.54) is 27.8 Å². The van der Waals surface area contributed by atoms with E-state index in [9.17, 15) is 0 Å². The lowest BCUT2D eigenvalue weighted by Gasteiger charge is -2.35. The van der Waals surface area contributed by atoms with Crippen LogP contribution in [0.3, 0.4) is 0 Å². The Bertz CT molecular complexity index is 1120. The molecule has 0 aliphatic carbocycles. The highest BCUT2D eigenvalue weighted by Crippen LogP contribution is 2.32. The molecule has 33 heavy (non-hydrogen) atoms. The van der Waals surface area contributed by atoms with Gasteiger partial charge in [0, 0.05) is 26.2 Å². The normalized spacial score (nSPS) is 15.2. The summed E-state index contributed by atoms with van der Waals surface area (Å²) in [6.45, 7) is 4.71. The zero-order valence-electron chi connectivity index (χ0n) is 18.9. The maximum atomic E-state index is 6.02. The van der Waals surface area contributed by atoms with Crippen LogP contribution in [0, 0.1) is 0 Å². The molecule has 1 N–H and O–H groups in total. The first-order valence-corrected chi connectivity index (χ1v) is 11.7. The van der Waals surface area contributed by atoms with Gasteiger partial charge in [-0.3, -0.25) is 4.90 Å². The molecule has 1 atom stereocenters. The van der Waals surface area contributed by atoms with Crippen molar-refractivity contribution in [2.75, 3.05) is 26.2 Å². The summed E-state index contributed by atoms with van der Waals surface area (Å²) in [5.41, 5.74) is 6.32. The lowest BCUT2D eigenvalue weighted by atomic mass is 9.94. The average Bonchev–Trinajstić information content (AvgIpc) is 2.91. The van der Waals surface area contributed by atoms with Crippen LogP contribution < -0.4 is 10.1 Å². The Labute approximate surface area is 196 Å². The van der Waals surface area contributed by atoms with Crippen molar-refractivity contribution in [2.45, 2.75) is 12.6 Å². The fraction of sp³-hybridized carbons (Fsp3) is 0.200. The van der Waals surface area contributed by atoms with Gasteiger partial charge in [-0.25, -0.2) is 0 Å². The van der Waals surface area contributed by atoms with E-state index in [2.05, 4.69) is 101 Å². The second-order valence-electron chi connectivity index (χ2n) is 8.52. The highest BCUT2D eigenvalue weighted by Gasteiger charge is 2.24. The van der Waals surface area contributed by atoms with Crippen molar-refractivity contribution in [3.05, 3.63) is 126 Å². The molecular weight excluding hydrogens is 404 g/mol. The molecule has 1 fully saturated rings. The van der Waals surface area contributed by atoms with Gasteiger partial charge >= 0.3 is 0 Å². The zero-order chi connectivity index (χ0) is 22.3. The van der Waals surface area contributed by atoms with E-state index in [4.69, 9.17) is 4.74 Å². The van der Waals surface area contributed by atoms with Gasteiger partial charge in [-0.2, -0.15) is 0 Å². The lowest BCUT2D eigenvalue weighted by molar-refractivity contribution is 0.198. The van der Waals surface area contributed by atoms with Crippen molar-refractivity contribution in [3.8, 4) is 16.9 Å². The van der Waals surface area contributed by atoms with Gasteiger partial charge in [0.25, 0.3) is 0 Å². The van der Waals surface area contributed by atoms with Crippen LogP contribution in [0.15, 0.2) is 109 Å². The Morgan fingerprint density at radius 2 is 1.18 bits per heavy atom. The van der Waals surface area contributed by atoms with Gasteiger partial charge in [-0.15, -0.1) is 0 Å². The van der Waals surface area contributed by atoms with Crippen LogP contribution in [0.25, 0.3) is 11.1 Å². The standard InChI is InChI=1S/C30H30N2O/c1-3-7-24(8-4-1)23-33-29-17-15-28(16-18-29)30(32-21-19-31-20-22-32)27-13-11-26(12-14-27)25-9-5-2-6-10-25/h1-18,30-31H,19-23H2. The molecule has 1 unspecified atom stereocenters. The third-order valence-corrected chi connectivity index (χ3v) is 6.29. The summed E-state index contributed by atoms with van der Waals surface area (Å²) in [5, 5.41) is 3.48. The summed E-state index contributed by atoms with van der Waals surface area (Å²) >= 11 is 0. The number of hydrogen-bond donors (Lipinski definition) is 1. The summed E-state index contributed by atoms with van der Waals surface area (Å²) in [6.07, 6.45) is 0. The van der Waals surface area contributed by atoms with Crippen molar-refractivity contribution in [1.82, 2.24) is 10.2 Å². The highest BCUT2D eigenvalue weighted by molar-refractivity contribution is 5.63. The average molecular weight is 435 g/mol. The topological polar surface area (TPSA) is 24.5 Å². The van der Waals surface area contributed by atoms with Crippen LogP contribution in [-0.4, -0.2) is 31.1 Å². The molecule has 0 bridgehead atoms. The first-order chi connectivity index (χ1) is 16.4. The molecule has 4 aromatic carbocycles. The van der Waals surface area contributed by atoms with Gasteiger partial charge in [-0.1, -0.05) is 97.1 Å². The first-order valence-electron chi connectivity index (χ1n) is 11.7. The molecule has 4 aromatic rings. The molecule has 1 saturated heterocycles. The molecule has 1 heterocycles. The number of benzene rings is 4. The van der Waals surface area contributed by atoms with Gasteiger partial charge in [-0.05, 0) is 39.9 Å². The second-order valence-corrected chi connectivity index (χ2v) is 8.52. The number of rotatable bonds is 7. The number of piperazine rings is 1. The maximum Gasteiger partial charge on any atom is 0.119 e. The van der Waals surface area contributed by atoms with Crippen LogP contribution >= 0.6 is 0 Å². The number of hydrogen-bond acceptors (Lipinski definition) is 3. The maximum absolute atomic E-state index is 6.02.